The Morgan fingerprint density at radius 1 is 0.800 bits per heavy atom. The van der Waals surface area contributed by atoms with Crippen LogP contribution in [0.15, 0.2) is 0 Å². The molecule has 1 rings (SSSR count). The third-order valence-corrected chi connectivity index (χ3v) is 6.00. The quantitative estimate of drug-likeness (QED) is 0.297. The monoisotopic (exact) mass is 355 g/mol. The zero-order valence-corrected chi connectivity index (χ0v) is 17.8. The summed E-state index contributed by atoms with van der Waals surface area (Å²) in [5.41, 5.74) is -0.133. The molecule has 1 saturated carbocycles. The van der Waals surface area contributed by atoms with E-state index in [0.717, 1.165) is 6.42 Å². The minimum absolute atomic E-state index is 0.133. The molecule has 0 aromatic heterocycles. The van der Waals surface area contributed by atoms with Gasteiger partial charge in [-0.25, -0.2) is 0 Å². The molecule has 0 amide bonds. The van der Waals surface area contributed by atoms with Gasteiger partial charge in [-0.2, -0.15) is 0 Å². The van der Waals surface area contributed by atoms with Crippen LogP contribution in [-0.4, -0.2) is 30.6 Å². The summed E-state index contributed by atoms with van der Waals surface area (Å²) < 4.78 is 12.4. The van der Waals surface area contributed by atoms with Crippen LogP contribution in [0.5, 0.6) is 0 Å². The van der Waals surface area contributed by atoms with Crippen LogP contribution in [0, 0.1) is 0 Å². The van der Waals surface area contributed by atoms with Crippen molar-refractivity contribution in [3.63, 3.8) is 0 Å². The first-order valence-corrected chi connectivity index (χ1v) is 11.1. The van der Waals surface area contributed by atoms with Crippen LogP contribution < -0.4 is 5.32 Å². The first kappa shape index (κ1) is 22.9. The summed E-state index contributed by atoms with van der Waals surface area (Å²) in [6.07, 6.45) is 15.8. The van der Waals surface area contributed by atoms with E-state index in [1.165, 1.54) is 70.6 Å². The molecule has 1 fully saturated rings. The number of unbranched alkanes of at least 4 members (excludes halogenated alkanes) is 5. The summed E-state index contributed by atoms with van der Waals surface area (Å²) in [6, 6.07) is 0.610. The van der Waals surface area contributed by atoms with E-state index in [2.05, 4.69) is 39.9 Å². The van der Waals surface area contributed by atoms with Crippen molar-refractivity contribution in [3.05, 3.63) is 0 Å². The lowest BCUT2D eigenvalue weighted by atomic mass is 9.83. The van der Waals surface area contributed by atoms with Gasteiger partial charge in [0, 0.05) is 19.3 Å². The second-order valence-corrected chi connectivity index (χ2v) is 8.14. The molecule has 0 bridgehead atoms. The summed E-state index contributed by atoms with van der Waals surface area (Å²) in [5.74, 6) is -0.558. The molecule has 0 aromatic rings. The highest BCUT2D eigenvalue weighted by Gasteiger charge is 2.47. The van der Waals surface area contributed by atoms with Gasteiger partial charge >= 0.3 is 0 Å². The van der Waals surface area contributed by atoms with Crippen molar-refractivity contribution < 1.29 is 9.47 Å². The first-order chi connectivity index (χ1) is 12.0. The Bertz CT molecular complexity index is 322. The van der Waals surface area contributed by atoms with Crippen molar-refractivity contribution in [3.8, 4) is 0 Å². The molecular weight excluding hydrogens is 310 g/mol. The SMILES string of the molecule is CCCCCCCCC(C)(NC1CCCCC1)C(C)(OCC)OCC. The fourth-order valence-corrected chi connectivity index (χ4v) is 4.30. The highest BCUT2D eigenvalue weighted by atomic mass is 16.7. The fourth-order valence-electron chi connectivity index (χ4n) is 4.30. The Morgan fingerprint density at radius 2 is 1.36 bits per heavy atom. The molecule has 0 saturated heterocycles. The molecule has 0 radical (unpaired) electrons. The Kier molecular flexibility index (Phi) is 11.3. The summed E-state index contributed by atoms with van der Waals surface area (Å²) in [6.45, 7) is 12.3. The zero-order valence-electron chi connectivity index (χ0n) is 17.8. The Balaban J connectivity index is 2.72. The van der Waals surface area contributed by atoms with Crippen LogP contribution in [0.25, 0.3) is 0 Å². The maximum Gasteiger partial charge on any atom is 0.183 e. The van der Waals surface area contributed by atoms with Crippen molar-refractivity contribution >= 4 is 0 Å². The van der Waals surface area contributed by atoms with Crippen LogP contribution in [-0.2, 0) is 9.47 Å². The zero-order chi connectivity index (χ0) is 18.6. The van der Waals surface area contributed by atoms with Gasteiger partial charge in [-0.05, 0) is 47.0 Å². The Morgan fingerprint density at radius 3 is 1.92 bits per heavy atom. The van der Waals surface area contributed by atoms with Gasteiger partial charge < -0.3 is 14.8 Å². The molecule has 1 unspecified atom stereocenters. The van der Waals surface area contributed by atoms with E-state index in [1.54, 1.807) is 0 Å². The maximum atomic E-state index is 6.19. The average molecular weight is 356 g/mol. The highest BCUT2D eigenvalue weighted by molar-refractivity contribution is 4.98. The predicted molar refractivity (Wildman–Crippen MR) is 108 cm³/mol. The van der Waals surface area contributed by atoms with Crippen LogP contribution in [0.4, 0.5) is 0 Å². The van der Waals surface area contributed by atoms with E-state index in [1.807, 2.05) is 0 Å². The van der Waals surface area contributed by atoms with Crippen molar-refractivity contribution in [2.24, 2.45) is 0 Å². The fraction of sp³-hybridized carbons (Fsp3) is 1.00. The number of ether oxygens (including phenoxy) is 2. The molecule has 150 valence electrons. The Hall–Kier alpha value is -0.120. The van der Waals surface area contributed by atoms with Crippen LogP contribution >= 0.6 is 0 Å². The van der Waals surface area contributed by atoms with Crippen LogP contribution in [0.3, 0.4) is 0 Å². The van der Waals surface area contributed by atoms with Crippen molar-refractivity contribution in [1.29, 1.82) is 0 Å². The van der Waals surface area contributed by atoms with Gasteiger partial charge in [-0.3, -0.25) is 0 Å². The molecule has 0 heterocycles. The van der Waals surface area contributed by atoms with Gasteiger partial charge in [0.25, 0.3) is 0 Å². The second-order valence-electron chi connectivity index (χ2n) is 8.14. The molecule has 25 heavy (non-hydrogen) atoms. The molecule has 0 aromatic carbocycles. The number of rotatable bonds is 14. The molecule has 3 heteroatoms. The molecule has 1 aliphatic rings. The highest BCUT2D eigenvalue weighted by Crippen LogP contribution is 2.35. The van der Waals surface area contributed by atoms with E-state index >= 15 is 0 Å². The summed E-state index contributed by atoms with van der Waals surface area (Å²) in [4.78, 5) is 0. The normalized spacial score (nSPS) is 19.1. The summed E-state index contributed by atoms with van der Waals surface area (Å²) in [7, 11) is 0. The number of hydrogen-bond acceptors (Lipinski definition) is 3. The molecule has 3 nitrogen and oxygen atoms in total. The third-order valence-electron chi connectivity index (χ3n) is 6.00. The maximum absolute atomic E-state index is 6.19. The van der Waals surface area contributed by atoms with E-state index in [0.29, 0.717) is 19.3 Å². The largest absolute Gasteiger partial charge is 0.349 e. The number of nitrogens with one attached hydrogen (secondary N) is 1. The smallest absolute Gasteiger partial charge is 0.183 e. The molecule has 1 atom stereocenters. The van der Waals surface area contributed by atoms with Crippen LogP contribution in [0.1, 0.15) is 112 Å². The van der Waals surface area contributed by atoms with Crippen molar-refractivity contribution in [2.75, 3.05) is 13.2 Å². The van der Waals surface area contributed by atoms with E-state index < -0.39 is 5.79 Å². The summed E-state index contributed by atoms with van der Waals surface area (Å²) in [5, 5.41) is 3.99. The lowest BCUT2D eigenvalue weighted by Gasteiger charge is -2.48. The second kappa shape index (κ2) is 12.3. The minimum Gasteiger partial charge on any atom is -0.349 e. The van der Waals surface area contributed by atoms with Gasteiger partial charge in [-0.15, -0.1) is 0 Å². The predicted octanol–water partition coefficient (Wildman–Crippen LogP) is 6.21. The van der Waals surface area contributed by atoms with E-state index in [4.69, 9.17) is 9.47 Å². The van der Waals surface area contributed by atoms with Gasteiger partial charge in [0.2, 0.25) is 0 Å². The van der Waals surface area contributed by atoms with E-state index in [-0.39, 0.29) is 5.54 Å². The topological polar surface area (TPSA) is 30.5 Å². The van der Waals surface area contributed by atoms with Gasteiger partial charge in [-0.1, -0.05) is 64.7 Å². The lowest BCUT2D eigenvalue weighted by molar-refractivity contribution is -0.266. The third kappa shape index (κ3) is 7.56. The Labute approximate surface area is 157 Å². The van der Waals surface area contributed by atoms with Gasteiger partial charge in [0.15, 0.2) is 5.79 Å². The summed E-state index contributed by atoms with van der Waals surface area (Å²) >= 11 is 0. The average Bonchev–Trinajstić information content (AvgIpc) is 2.59. The molecule has 1 aliphatic carbocycles. The molecular formula is C22H45NO2. The number of hydrogen-bond donors (Lipinski definition) is 1. The molecule has 1 N–H and O–H groups in total. The van der Waals surface area contributed by atoms with E-state index in [9.17, 15) is 0 Å². The lowest BCUT2D eigenvalue weighted by Crippen LogP contribution is -2.64. The van der Waals surface area contributed by atoms with Crippen molar-refractivity contribution in [2.45, 2.75) is 129 Å². The van der Waals surface area contributed by atoms with Crippen LogP contribution in [0.2, 0.25) is 0 Å². The van der Waals surface area contributed by atoms with Crippen molar-refractivity contribution in [1.82, 2.24) is 5.32 Å². The molecule has 0 spiro atoms. The van der Waals surface area contributed by atoms with Gasteiger partial charge in [0.05, 0.1) is 5.54 Å². The van der Waals surface area contributed by atoms with Gasteiger partial charge in [0.1, 0.15) is 0 Å². The minimum atomic E-state index is -0.558. The first-order valence-electron chi connectivity index (χ1n) is 11.1. The molecule has 0 aliphatic heterocycles. The standard InChI is InChI=1S/C22H45NO2/c1-6-9-10-11-12-16-19-21(4,22(5,24-7-2)25-8-3)23-20-17-14-13-15-18-20/h20,23H,6-19H2,1-5H3.